The van der Waals surface area contributed by atoms with Gasteiger partial charge in [-0.2, -0.15) is 0 Å². The Kier molecular flexibility index (Phi) is 4.42. The maximum absolute atomic E-state index is 9.31. The highest BCUT2D eigenvalue weighted by molar-refractivity contribution is 6.59. The summed E-state index contributed by atoms with van der Waals surface area (Å²) in [5.41, 5.74) is 1.37. The maximum Gasteiger partial charge on any atom is 0.488 e. The van der Waals surface area contributed by atoms with Crippen LogP contribution in [0, 0.1) is 0 Å². The summed E-state index contributed by atoms with van der Waals surface area (Å²) in [4.78, 5) is 2.22. The Morgan fingerprint density at radius 1 is 1.29 bits per heavy atom. The molecular formula is C11H15BClNO3. The van der Waals surface area contributed by atoms with Crippen LogP contribution in [-0.4, -0.2) is 48.4 Å². The van der Waals surface area contributed by atoms with Gasteiger partial charge in [-0.05, 0) is 23.2 Å². The second-order valence-corrected chi connectivity index (χ2v) is 4.54. The Hall–Kier alpha value is -0.585. The van der Waals surface area contributed by atoms with Gasteiger partial charge in [-0.1, -0.05) is 17.7 Å². The number of ether oxygens (including phenoxy) is 1. The molecule has 0 amide bonds. The van der Waals surface area contributed by atoms with E-state index in [1.165, 1.54) is 0 Å². The van der Waals surface area contributed by atoms with Crippen molar-refractivity contribution in [1.82, 2.24) is 4.90 Å². The Morgan fingerprint density at radius 3 is 2.65 bits per heavy atom. The van der Waals surface area contributed by atoms with Crippen molar-refractivity contribution in [1.29, 1.82) is 0 Å². The molecule has 1 heterocycles. The summed E-state index contributed by atoms with van der Waals surface area (Å²) in [6.07, 6.45) is 0. The fourth-order valence-corrected chi connectivity index (χ4v) is 2.13. The molecule has 0 saturated carbocycles. The van der Waals surface area contributed by atoms with E-state index < -0.39 is 7.12 Å². The first-order valence-corrected chi connectivity index (χ1v) is 5.99. The van der Waals surface area contributed by atoms with E-state index in [0.29, 0.717) is 17.0 Å². The van der Waals surface area contributed by atoms with Crippen molar-refractivity contribution in [3.8, 4) is 0 Å². The molecular weight excluding hydrogens is 240 g/mol. The zero-order chi connectivity index (χ0) is 12.3. The lowest BCUT2D eigenvalue weighted by Gasteiger charge is -2.27. The van der Waals surface area contributed by atoms with Crippen molar-refractivity contribution >= 4 is 24.2 Å². The third kappa shape index (κ3) is 3.44. The molecule has 0 atom stereocenters. The van der Waals surface area contributed by atoms with E-state index in [1.807, 2.05) is 6.07 Å². The van der Waals surface area contributed by atoms with Crippen LogP contribution in [0.1, 0.15) is 5.56 Å². The number of morpholine rings is 1. The maximum atomic E-state index is 9.31. The van der Waals surface area contributed by atoms with E-state index in [4.69, 9.17) is 16.3 Å². The van der Waals surface area contributed by atoms with Crippen LogP contribution in [-0.2, 0) is 11.3 Å². The highest BCUT2D eigenvalue weighted by Crippen LogP contribution is 2.11. The van der Waals surface area contributed by atoms with Crippen LogP contribution < -0.4 is 5.46 Å². The Labute approximate surface area is 106 Å². The lowest BCUT2D eigenvalue weighted by atomic mass is 9.77. The van der Waals surface area contributed by atoms with Crippen molar-refractivity contribution < 1.29 is 14.8 Å². The molecule has 2 N–H and O–H groups in total. The van der Waals surface area contributed by atoms with Crippen LogP contribution >= 0.6 is 11.6 Å². The molecule has 2 rings (SSSR count). The minimum Gasteiger partial charge on any atom is -0.423 e. The van der Waals surface area contributed by atoms with Crippen LogP contribution in [0.25, 0.3) is 0 Å². The Morgan fingerprint density at radius 2 is 2.00 bits per heavy atom. The van der Waals surface area contributed by atoms with Gasteiger partial charge in [0.15, 0.2) is 0 Å². The third-order valence-electron chi connectivity index (χ3n) is 2.88. The van der Waals surface area contributed by atoms with Gasteiger partial charge in [0.25, 0.3) is 0 Å². The minimum atomic E-state index is -1.48. The number of hydrogen-bond donors (Lipinski definition) is 2. The molecule has 6 heteroatoms. The first-order valence-electron chi connectivity index (χ1n) is 5.61. The average Bonchev–Trinajstić information content (AvgIpc) is 2.32. The van der Waals surface area contributed by atoms with Crippen LogP contribution in [0.2, 0.25) is 5.02 Å². The second kappa shape index (κ2) is 5.84. The quantitative estimate of drug-likeness (QED) is 0.738. The molecule has 92 valence electrons. The fourth-order valence-electron chi connectivity index (χ4n) is 1.95. The number of benzene rings is 1. The number of halogens is 1. The van der Waals surface area contributed by atoms with Crippen LogP contribution in [0.5, 0.6) is 0 Å². The highest BCUT2D eigenvalue weighted by atomic mass is 35.5. The molecule has 0 unspecified atom stereocenters. The van der Waals surface area contributed by atoms with Gasteiger partial charge >= 0.3 is 7.12 Å². The average molecular weight is 256 g/mol. The molecule has 1 aromatic carbocycles. The van der Waals surface area contributed by atoms with E-state index in [9.17, 15) is 10.0 Å². The van der Waals surface area contributed by atoms with Crippen molar-refractivity contribution in [3.63, 3.8) is 0 Å². The molecule has 1 fully saturated rings. The predicted molar refractivity (Wildman–Crippen MR) is 67.4 cm³/mol. The van der Waals surface area contributed by atoms with Crippen molar-refractivity contribution in [2.24, 2.45) is 0 Å². The van der Waals surface area contributed by atoms with Crippen molar-refractivity contribution in [3.05, 3.63) is 28.8 Å². The van der Waals surface area contributed by atoms with Gasteiger partial charge in [-0.3, -0.25) is 4.90 Å². The van der Waals surface area contributed by atoms with Gasteiger partial charge in [0, 0.05) is 24.7 Å². The molecule has 1 aliphatic heterocycles. The van der Waals surface area contributed by atoms with Gasteiger partial charge < -0.3 is 14.8 Å². The molecule has 17 heavy (non-hydrogen) atoms. The topological polar surface area (TPSA) is 52.9 Å². The summed E-state index contributed by atoms with van der Waals surface area (Å²) in [6.45, 7) is 3.87. The highest BCUT2D eigenvalue weighted by Gasteiger charge is 2.19. The first kappa shape index (κ1) is 12.9. The number of nitrogens with zero attached hydrogens (tertiary/aromatic N) is 1. The van der Waals surface area contributed by atoms with Gasteiger partial charge in [0.2, 0.25) is 0 Å². The standard InChI is InChI=1S/C11H15BClNO3/c13-10-2-1-9(11(7-10)12(15)16)8-14-3-5-17-6-4-14/h1-2,7,15-16H,3-6,8H2. The summed E-state index contributed by atoms with van der Waals surface area (Å²) in [6, 6.07) is 5.21. The van der Waals surface area contributed by atoms with E-state index in [2.05, 4.69) is 4.90 Å². The second-order valence-electron chi connectivity index (χ2n) is 4.11. The van der Waals surface area contributed by atoms with Crippen molar-refractivity contribution in [2.75, 3.05) is 26.3 Å². The number of hydrogen-bond acceptors (Lipinski definition) is 4. The van der Waals surface area contributed by atoms with Crippen LogP contribution in [0.4, 0.5) is 0 Å². The zero-order valence-electron chi connectivity index (χ0n) is 9.47. The summed E-state index contributed by atoms with van der Waals surface area (Å²) >= 11 is 5.85. The Balaban J connectivity index is 2.13. The van der Waals surface area contributed by atoms with Crippen molar-refractivity contribution in [2.45, 2.75) is 6.54 Å². The van der Waals surface area contributed by atoms with Gasteiger partial charge in [-0.25, -0.2) is 0 Å². The summed E-state index contributed by atoms with van der Waals surface area (Å²) in [5.74, 6) is 0. The van der Waals surface area contributed by atoms with E-state index >= 15 is 0 Å². The molecule has 4 nitrogen and oxygen atoms in total. The molecule has 0 aromatic heterocycles. The van der Waals surface area contributed by atoms with Gasteiger partial charge in [-0.15, -0.1) is 0 Å². The zero-order valence-corrected chi connectivity index (χ0v) is 10.2. The monoisotopic (exact) mass is 255 g/mol. The molecule has 1 aromatic rings. The lowest BCUT2D eigenvalue weighted by Crippen LogP contribution is -2.39. The van der Waals surface area contributed by atoms with Crippen LogP contribution in [0.15, 0.2) is 18.2 Å². The smallest absolute Gasteiger partial charge is 0.423 e. The summed E-state index contributed by atoms with van der Waals surface area (Å²) < 4.78 is 5.27. The molecule has 1 aliphatic rings. The van der Waals surface area contributed by atoms with Gasteiger partial charge in [0.1, 0.15) is 0 Å². The molecule has 0 aliphatic carbocycles. The third-order valence-corrected chi connectivity index (χ3v) is 3.12. The van der Waals surface area contributed by atoms with E-state index in [0.717, 1.165) is 31.9 Å². The largest absolute Gasteiger partial charge is 0.488 e. The molecule has 1 saturated heterocycles. The summed E-state index contributed by atoms with van der Waals surface area (Å²) in [5, 5.41) is 19.1. The van der Waals surface area contributed by atoms with E-state index in [1.54, 1.807) is 12.1 Å². The fraction of sp³-hybridized carbons (Fsp3) is 0.455. The molecule has 0 radical (unpaired) electrons. The summed E-state index contributed by atoms with van der Waals surface area (Å²) in [7, 11) is -1.48. The predicted octanol–water partition coefficient (Wildman–Crippen LogP) is -0.148. The molecule has 0 spiro atoms. The van der Waals surface area contributed by atoms with E-state index in [-0.39, 0.29) is 0 Å². The lowest BCUT2D eigenvalue weighted by molar-refractivity contribution is 0.0343. The van der Waals surface area contributed by atoms with Crippen LogP contribution in [0.3, 0.4) is 0 Å². The molecule has 0 bridgehead atoms. The normalized spacial score (nSPS) is 17.1. The van der Waals surface area contributed by atoms with Gasteiger partial charge in [0.05, 0.1) is 13.2 Å². The number of rotatable bonds is 3. The SMILES string of the molecule is OB(O)c1cc(Cl)ccc1CN1CCOCC1. The first-order chi connectivity index (χ1) is 8.16. The minimum absolute atomic E-state index is 0.476. The Bertz CT molecular complexity index is 383.